The number of aryl methyl sites for hydroxylation is 1. The fourth-order valence-corrected chi connectivity index (χ4v) is 1.73. The highest BCUT2D eigenvalue weighted by molar-refractivity contribution is 6.44. The molecular formula is C12H16Cl2. The molecule has 0 unspecified atom stereocenters. The summed E-state index contributed by atoms with van der Waals surface area (Å²) in [5.74, 6) is 0. The van der Waals surface area contributed by atoms with E-state index in [9.17, 15) is 0 Å². The lowest BCUT2D eigenvalue weighted by Crippen LogP contribution is -1.88. The summed E-state index contributed by atoms with van der Waals surface area (Å²) in [6.07, 6.45) is 4.92. The largest absolute Gasteiger partial charge is 0.132 e. The quantitative estimate of drug-likeness (QED) is 0.499. The zero-order valence-corrected chi connectivity index (χ0v) is 9.98. The van der Waals surface area contributed by atoms with Gasteiger partial charge in [-0.15, -0.1) is 23.2 Å². The van der Waals surface area contributed by atoms with Crippen LogP contribution in [0.1, 0.15) is 42.1 Å². The zero-order valence-electron chi connectivity index (χ0n) is 8.47. The van der Waals surface area contributed by atoms with Crippen molar-refractivity contribution in [3.05, 3.63) is 35.4 Å². The van der Waals surface area contributed by atoms with Gasteiger partial charge in [-0.2, -0.15) is 0 Å². The van der Waals surface area contributed by atoms with Crippen molar-refractivity contribution in [3.63, 3.8) is 0 Å². The van der Waals surface area contributed by atoms with Crippen LogP contribution < -0.4 is 0 Å². The van der Waals surface area contributed by atoms with E-state index >= 15 is 0 Å². The summed E-state index contributed by atoms with van der Waals surface area (Å²) in [7, 11) is 0. The molecule has 0 amide bonds. The van der Waals surface area contributed by atoms with E-state index in [2.05, 4.69) is 19.1 Å². The van der Waals surface area contributed by atoms with Crippen LogP contribution in [0.5, 0.6) is 0 Å². The van der Waals surface area contributed by atoms with Crippen molar-refractivity contribution >= 4 is 23.2 Å². The van der Waals surface area contributed by atoms with Gasteiger partial charge in [-0.25, -0.2) is 0 Å². The average Bonchev–Trinajstić information content (AvgIpc) is 2.19. The maximum absolute atomic E-state index is 5.80. The normalized spacial score (nSPS) is 10.9. The van der Waals surface area contributed by atoms with Crippen LogP contribution in [-0.4, -0.2) is 0 Å². The lowest BCUT2D eigenvalue weighted by atomic mass is 10.1. The maximum atomic E-state index is 5.80. The summed E-state index contributed by atoms with van der Waals surface area (Å²) < 4.78 is 0. The van der Waals surface area contributed by atoms with Crippen molar-refractivity contribution < 1.29 is 0 Å². The molecule has 0 aromatic heterocycles. The lowest BCUT2D eigenvalue weighted by molar-refractivity contribution is 0.717. The molecule has 0 nitrogen and oxygen atoms in total. The van der Waals surface area contributed by atoms with Gasteiger partial charge in [0.15, 0.2) is 0 Å². The minimum atomic E-state index is -0.402. The Morgan fingerprint density at radius 2 is 2.00 bits per heavy atom. The van der Waals surface area contributed by atoms with E-state index in [4.69, 9.17) is 23.2 Å². The third-order valence-electron chi connectivity index (χ3n) is 2.27. The van der Waals surface area contributed by atoms with Gasteiger partial charge < -0.3 is 0 Å². The Morgan fingerprint density at radius 1 is 1.21 bits per heavy atom. The second-order valence-electron chi connectivity index (χ2n) is 3.50. The second kappa shape index (κ2) is 6.31. The van der Waals surface area contributed by atoms with Crippen molar-refractivity contribution in [2.75, 3.05) is 0 Å². The fourth-order valence-electron chi connectivity index (χ4n) is 1.46. The van der Waals surface area contributed by atoms with Crippen molar-refractivity contribution in [1.29, 1.82) is 0 Å². The van der Waals surface area contributed by atoms with E-state index in [0.717, 1.165) is 12.0 Å². The van der Waals surface area contributed by atoms with Crippen molar-refractivity contribution in [2.45, 2.75) is 37.4 Å². The van der Waals surface area contributed by atoms with Crippen molar-refractivity contribution in [2.24, 2.45) is 0 Å². The third-order valence-corrected chi connectivity index (χ3v) is 2.78. The van der Waals surface area contributed by atoms with Gasteiger partial charge in [0.05, 0.1) is 0 Å². The van der Waals surface area contributed by atoms with Crippen LogP contribution in [0.25, 0.3) is 0 Å². The van der Waals surface area contributed by atoms with Crippen LogP contribution in [0.2, 0.25) is 0 Å². The molecule has 0 fully saturated rings. The van der Waals surface area contributed by atoms with Gasteiger partial charge in [0, 0.05) is 0 Å². The van der Waals surface area contributed by atoms with Gasteiger partial charge >= 0.3 is 0 Å². The molecule has 0 atom stereocenters. The van der Waals surface area contributed by atoms with E-state index in [-0.39, 0.29) is 0 Å². The van der Waals surface area contributed by atoms with Gasteiger partial charge in [-0.05, 0) is 24.0 Å². The Bertz CT molecular complexity index is 269. The summed E-state index contributed by atoms with van der Waals surface area (Å²) in [6, 6.07) is 8.22. The molecular weight excluding hydrogens is 215 g/mol. The first-order valence-electron chi connectivity index (χ1n) is 5.11. The fraction of sp³-hybridized carbons (Fsp3) is 0.500. The highest BCUT2D eigenvalue weighted by atomic mass is 35.5. The number of rotatable bonds is 5. The molecule has 0 saturated heterocycles. The van der Waals surface area contributed by atoms with Crippen molar-refractivity contribution in [3.8, 4) is 0 Å². The second-order valence-corrected chi connectivity index (χ2v) is 4.60. The standard InChI is InChI=1S/C12H16Cl2/c1-2-3-4-6-10-7-5-8-11(9-10)12(13)14/h5,7-9,12H,2-4,6H2,1H3. The molecule has 0 aliphatic heterocycles. The average molecular weight is 231 g/mol. The van der Waals surface area contributed by atoms with E-state index in [1.165, 1.54) is 24.8 Å². The molecule has 1 rings (SSSR count). The van der Waals surface area contributed by atoms with Crippen molar-refractivity contribution in [1.82, 2.24) is 0 Å². The number of alkyl halides is 2. The van der Waals surface area contributed by atoms with E-state index < -0.39 is 4.84 Å². The summed E-state index contributed by atoms with van der Waals surface area (Å²) in [4.78, 5) is -0.402. The number of hydrogen-bond donors (Lipinski definition) is 0. The highest BCUT2D eigenvalue weighted by Gasteiger charge is 2.03. The molecule has 1 aromatic rings. The monoisotopic (exact) mass is 230 g/mol. The van der Waals surface area contributed by atoms with Gasteiger partial charge in [0.2, 0.25) is 0 Å². The Labute approximate surface area is 96.2 Å². The lowest BCUT2D eigenvalue weighted by Gasteiger charge is -2.05. The highest BCUT2D eigenvalue weighted by Crippen LogP contribution is 2.25. The minimum Gasteiger partial charge on any atom is -0.100 e. The first-order valence-corrected chi connectivity index (χ1v) is 5.98. The molecule has 78 valence electrons. The molecule has 0 radical (unpaired) electrons. The summed E-state index contributed by atoms with van der Waals surface area (Å²) >= 11 is 11.6. The summed E-state index contributed by atoms with van der Waals surface area (Å²) in [5, 5.41) is 0. The Hall–Kier alpha value is -0.200. The van der Waals surface area contributed by atoms with E-state index in [0.29, 0.717) is 0 Å². The van der Waals surface area contributed by atoms with Gasteiger partial charge in [-0.1, -0.05) is 44.0 Å². The Balaban J connectivity index is 2.55. The number of halogens is 2. The summed E-state index contributed by atoms with van der Waals surface area (Å²) in [5.41, 5.74) is 2.34. The Morgan fingerprint density at radius 3 is 2.64 bits per heavy atom. The molecule has 14 heavy (non-hydrogen) atoms. The van der Waals surface area contributed by atoms with Gasteiger partial charge in [0.25, 0.3) is 0 Å². The molecule has 0 heterocycles. The van der Waals surface area contributed by atoms with Gasteiger partial charge in [0.1, 0.15) is 4.84 Å². The number of unbranched alkanes of at least 4 members (excludes halogenated alkanes) is 2. The van der Waals surface area contributed by atoms with Crippen LogP contribution >= 0.6 is 23.2 Å². The van der Waals surface area contributed by atoms with Crippen LogP contribution in [0.3, 0.4) is 0 Å². The van der Waals surface area contributed by atoms with Crippen LogP contribution in [0.4, 0.5) is 0 Å². The molecule has 0 saturated carbocycles. The topological polar surface area (TPSA) is 0 Å². The molecule has 0 N–H and O–H groups in total. The van der Waals surface area contributed by atoms with E-state index in [1.54, 1.807) is 0 Å². The number of hydrogen-bond acceptors (Lipinski definition) is 0. The molecule has 0 aliphatic rings. The Kier molecular flexibility index (Phi) is 5.36. The molecule has 1 aromatic carbocycles. The molecule has 0 spiro atoms. The van der Waals surface area contributed by atoms with Crippen LogP contribution in [0, 0.1) is 0 Å². The van der Waals surface area contributed by atoms with Gasteiger partial charge in [-0.3, -0.25) is 0 Å². The predicted molar refractivity (Wildman–Crippen MR) is 64.1 cm³/mol. The first kappa shape index (κ1) is 11.9. The predicted octanol–water partition coefficient (Wildman–Crippen LogP) is 4.90. The first-order chi connectivity index (χ1) is 6.74. The third kappa shape index (κ3) is 3.89. The zero-order chi connectivity index (χ0) is 10.4. The van der Waals surface area contributed by atoms with E-state index in [1.807, 2.05) is 12.1 Å². The van der Waals surface area contributed by atoms with Crippen LogP contribution in [-0.2, 0) is 6.42 Å². The number of benzene rings is 1. The smallest absolute Gasteiger partial charge is 0.100 e. The van der Waals surface area contributed by atoms with Crippen LogP contribution in [0.15, 0.2) is 24.3 Å². The molecule has 2 heteroatoms. The molecule has 0 aliphatic carbocycles. The SMILES string of the molecule is CCCCCc1cccc(C(Cl)Cl)c1. The minimum absolute atomic E-state index is 0.402. The molecule has 0 bridgehead atoms. The maximum Gasteiger partial charge on any atom is 0.132 e. The summed E-state index contributed by atoms with van der Waals surface area (Å²) in [6.45, 7) is 2.21.